The molecule has 1 saturated heterocycles. The highest BCUT2D eigenvalue weighted by Crippen LogP contribution is 2.27. The Morgan fingerprint density at radius 2 is 1.92 bits per heavy atom. The molecule has 1 aliphatic rings. The third-order valence-corrected chi connectivity index (χ3v) is 4.96. The van der Waals surface area contributed by atoms with E-state index in [1.165, 1.54) is 11.3 Å². The van der Waals surface area contributed by atoms with Crippen LogP contribution in [0.5, 0.6) is 0 Å². The smallest absolute Gasteiger partial charge is 0.263 e. The third-order valence-electron chi connectivity index (χ3n) is 3.97. The van der Waals surface area contributed by atoms with Crippen molar-refractivity contribution in [3.05, 3.63) is 29.5 Å². The minimum absolute atomic E-state index is 0. The van der Waals surface area contributed by atoms with Crippen molar-refractivity contribution in [1.29, 1.82) is 0 Å². The Bertz CT molecular complexity index is 646. The van der Waals surface area contributed by atoms with Crippen molar-refractivity contribution in [2.75, 3.05) is 19.6 Å². The zero-order valence-electron chi connectivity index (χ0n) is 13.3. The second-order valence-electron chi connectivity index (χ2n) is 5.85. The van der Waals surface area contributed by atoms with Crippen LogP contribution in [-0.2, 0) is 0 Å². The molecule has 1 aliphatic heterocycles. The maximum Gasteiger partial charge on any atom is 0.263 e. The van der Waals surface area contributed by atoms with Gasteiger partial charge in [0.2, 0.25) is 0 Å². The van der Waals surface area contributed by atoms with Crippen LogP contribution in [0.25, 0.3) is 10.8 Å². The van der Waals surface area contributed by atoms with Crippen molar-refractivity contribution in [3.63, 3.8) is 0 Å². The van der Waals surface area contributed by atoms with E-state index in [1.54, 1.807) is 24.7 Å². The van der Waals surface area contributed by atoms with Gasteiger partial charge in [-0.1, -0.05) is 6.92 Å². The predicted octanol–water partition coefficient (Wildman–Crippen LogP) is 2.56. The summed E-state index contributed by atoms with van der Waals surface area (Å²) in [6.45, 7) is 4.96. The van der Waals surface area contributed by atoms with Crippen molar-refractivity contribution < 1.29 is 4.79 Å². The summed E-state index contributed by atoms with van der Waals surface area (Å²) in [4.78, 5) is 25.4. The van der Waals surface area contributed by atoms with Gasteiger partial charge >= 0.3 is 0 Å². The summed E-state index contributed by atoms with van der Waals surface area (Å²) in [7, 11) is 0. The first-order valence-electron chi connectivity index (χ1n) is 7.38. The minimum atomic E-state index is -0.0700. The lowest BCUT2D eigenvalue weighted by Gasteiger charge is -2.34. The Balaban J connectivity index is 0.00000144. The molecule has 0 atom stereocenters. The average Bonchev–Trinajstić information content (AvgIpc) is 3.04. The van der Waals surface area contributed by atoms with Crippen LogP contribution in [-0.4, -0.2) is 40.5 Å². The van der Waals surface area contributed by atoms with Gasteiger partial charge in [-0.15, -0.1) is 36.2 Å². The minimum Gasteiger partial charge on any atom is -0.351 e. The number of piperidine rings is 1. The molecule has 3 heterocycles. The zero-order valence-corrected chi connectivity index (χ0v) is 15.8. The zero-order chi connectivity index (χ0) is 15.4. The van der Waals surface area contributed by atoms with Gasteiger partial charge in [0.1, 0.15) is 4.88 Å². The number of thiazole rings is 1. The van der Waals surface area contributed by atoms with E-state index in [4.69, 9.17) is 0 Å². The highest BCUT2D eigenvalue weighted by atomic mass is 35.5. The molecule has 1 amide bonds. The fourth-order valence-corrected chi connectivity index (χ4v) is 3.26. The van der Waals surface area contributed by atoms with Crippen molar-refractivity contribution in [2.24, 2.45) is 5.41 Å². The Morgan fingerprint density at radius 3 is 2.58 bits per heavy atom. The fraction of sp³-hybridized carbons (Fsp3) is 0.467. The molecule has 2 N–H and O–H groups in total. The second kappa shape index (κ2) is 9.27. The van der Waals surface area contributed by atoms with Gasteiger partial charge < -0.3 is 10.6 Å². The molecule has 0 saturated carbocycles. The van der Waals surface area contributed by atoms with E-state index in [1.807, 2.05) is 0 Å². The fourth-order valence-electron chi connectivity index (χ4n) is 2.48. The monoisotopic (exact) mass is 389 g/mol. The molecule has 0 aromatic carbocycles. The summed E-state index contributed by atoms with van der Waals surface area (Å²) in [5.74, 6) is 0.483. The number of hydrogen-bond donors (Lipinski definition) is 2. The average molecular weight is 390 g/mol. The maximum atomic E-state index is 12.3. The molecule has 0 aliphatic carbocycles. The van der Waals surface area contributed by atoms with Crippen LogP contribution in [0.1, 0.15) is 29.4 Å². The molecule has 2 aromatic heterocycles. The molecular formula is C15H21Cl2N5OS. The van der Waals surface area contributed by atoms with Gasteiger partial charge in [-0.3, -0.25) is 4.79 Å². The van der Waals surface area contributed by atoms with Crippen LogP contribution in [0.15, 0.2) is 24.7 Å². The lowest BCUT2D eigenvalue weighted by molar-refractivity contribution is 0.0926. The molecule has 2 aromatic rings. The molecule has 0 spiro atoms. The lowest BCUT2D eigenvalue weighted by Crippen LogP contribution is -2.42. The van der Waals surface area contributed by atoms with Gasteiger partial charge in [-0.05, 0) is 37.4 Å². The first kappa shape index (κ1) is 20.8. The van der Waals surface area contributed by atoms with Crippen LogP contribution >= 0.6 is 36.2 Å². The molecule has 132 valence electrons. The number of carbonyl (C=O) groups excluding carboxylic acids is 1. The number of nitrogens with one attached hydrogen (secondary N) is 2. The van der Waals surface area contributed by atoms with Gasteiger partial charge in [0, 0.05) is 18.9 Å². The molecule has 1 fully saturated rings. The first-order valence-corrected chi connectivity index (χ1v) is 8.20. The van der Waals surface area contributed by atoms with Crippen LogP contribution in [0.2, 0.25) is 0 Å². The quantitative estimate of drug-likeness (QED) is 0.839. The SMILES string of the molecule is CC1(CNC(=O)c2cnc(-c3ncccn3)s2)CCNCC1.Cl.Cl. The molecular weight excluding hydrogens is 369 g/mol. The largest absolute Gasteiger partial charge is 0.351 e. The Hall–Kier alpha value is -1.28. The number of hydrogen-bond acceptors (Lipinski definition) is 6. The van der Waals surface area contributed by atoms with Crippen LogP contribution in [0, 0.1) is 5.41 Å². The Kier molecular flexibility index (Phi) is 8.02. The number of nitrogens with zero attached hydrogens (tertiary/aromatic N) is 3. The molecule has 6 nitrogen and oxygen atoms in total. The van der Waals surface area contributed by atoms with Crippen molar-refractivity contribution >= 4 is 42.1 Å². The van der Waals surface area contributed by atoms with Crippen LogP contribution in [0.4, 0.5) is 0 Å². The highest BCUT2D eigenvalue weighted by molar-refractivity contribution is 7.16. The van der Waals surface area contributed by atoms with Crippen LogP contribution < -0.4 is 10.6 Å². The molecule has 3 rings (SSSR count). The third kappa shape index (κ3) is 5.11. The lowest BCUT2D eigenvalue weighted by atomic mass is 9.81. The van der Waals surface area contributed by atoms with Gasteiger partial charge in [0.05, 0.1) is 6.20 Å². The standard InChI is InChI=1S/C15H19N5OS.2ClH/c1-15(3-7-16-8-4-15)10-20-13(21)11-9-19-14(22-11)12-17-5-2-6-18-12;;/h2,5-6,9,16H,3-4,7-8,10H2,1H3,(H,20,21);2*1H. The number of aromatic nitrogens is 3. The van der Waals surface area contributed by atoms with Gasteiger partial charge in [0.15, 0.2) is 10.8 Å². The summed E-state index contributed by atoms with van der Waals surface area (Å²) in [5, 5.41) is 7.05. The summed E-state index contributed by atoms with van der Waals surface area (Å²) in [6.07, 6.45) is 7.09. The predicted molar refractivity (Wildman–Crippen MR) is 100 cm³/mol. The van der Waals surface area contributed by atoms with E-state index >= 15 is 0 Å². The van der Waals surface area contributed by atoms with E-state index in [0.29, 0.717) is 22.3 Å². The highest BCUT2D eigenvalue weighted by Gasteiger charge is 2.27. The van der Waals surface area contributed by atoms with E-state index in [2.05, 4.69) is 32.5 Å². The number of halogens is 2. The van der Waals surface area contributed by atoms with Crippen molar-refractivity contribution in [3.8, 4) is 10.8 Å². The van der Waals surface area contributed by atoms with Crippen molar-refractivity contribution in [2.45, 2.75) is 19.8 Å². The van der Waals surface area contributed by atoms with Crippen molar-refractivity contribution in [1.82, 2.24) is 25.6 Å². The normalized spacial score (nSPS) is 15.7. The number of rotatable bonds is 4. The number of carbonyl (C=O) groups is 1. The van der Waals surface area contributed by atoms with E-state index in [9.17, 15) is 4.79 Å². The summed E-state index contributed by atoms with van der Waals surface area (Å²) >= 11 is 1.32. The van der Waals surface area contributed by atoms with Gasteiger partial charge in [-0.2, -0.15) is 0 Å². The van der Waals surface area contributed by atoms with Gasteiger partial charge in [0.25, 0.3) is 5.91 Å². The van der Waals surface area contributed by atoms with E-state index in [-0.39, 0.29) is 36.1 Å². The summed E-state index contributed by atoms with van der Waals surface area (Å²) < 4.78 is 0. The topological polar surface area (TPSA) is 79.8 Å². The second-order valence-corrected chi connectivity index (χ2v) is 6.88. The Labute approximate surface area is 157 Å². The Morgan fingerprint density at radius 1 is 1.25 bits per heavy atom. The molecule has 0 radical (unpaired) electrons. The number of amides is 1. The maximum absolute atomic E-state index is 12.3. The van der Waals surface area contributed by atoms with E-state index < -0.39 is 0 Å². The van der Waals surface area contributed by atoms with E-state index in [0.717, 1.165) is 25.9 Å². The summed E-state index contributed by atoms with van der Waals surface area (Å²) in [6, 6.07) is 1.75. The van der Waals surface area contributed by atoms with Gasteiger partial charge in [-0.25, -0.2) is 15.0 Å². The summed E-state index contributed by atoms with van der Waals surface area (Å²) in [5.41, 5.74) is 0.178. The molecule has 24 heavy (non-hydrogen) atoms. The molecule has 0 unspecified atom stereocenters. The molecule has 0 bridgehead atoms. The molecule has 9 heteroatoms. The van der Waals surface area contributed by atoms with Crippen LogP contribution in [0.3, 0.4) is 0 Å². The first-order chi connectivity index (χ1) is 10.7.